The van der Waals surface area contributed by atoms with Crippen molar-refractivity contribution in [1.82, 2.24) is 30.5 Å². The number of nitriles is 1. The molecule has 1 aliphatic heterocycles. The molecule has 6 rings (SSSR count). The van der Waals surface area contributed by atoms with Gasteiger partial charge < -0.3 is 20.6 Å². The van der Waals surface area contributed by atoms with Gasteiger partial charge in [-0.05, 0) is 48.4 Å². The van der Waals surface area contributed by atoms with E-state index in [-0.39, 0.29) is 5.41 Å². The minimum absolute atomic E-state index is 0.0416. The second-order valence-corrected chi connectivity index (χ2v) is 13.4. The largest absolute Gasteiger partial charge is 0.383 e. The molecule has 0 spiro atoms. The van der Waals surface area contributed by atoms with E-state index in [1.54, 1.807) is 18.6 Å². The number of rotatable bonds is 9. The van der Waals surface area contributed by atoms with Crippen LogP contribution in [-0.2, 0) is 7.05 Å². The SMILES string of the molecule is Cc1c(-c2cncn2C)cccc1[C@H](Nc1cc(Cl)c2ncc(C#N)c(NCC(C)(C)C)c2c1)C1=CN(C2(C(F)F)CC2)NN1. The first-order chi connectivity index (χ1) is 21.4. The molecule has 0 saturated heterocycles. The van der Waals surface area contributed by atoms with Crippen molar-refractivity contribution in [2.75, 3.05) is 17.2 Å². The molecule has 45 heavy (non-hydrogen) atoms. The minimum Gasteiger partial charge on any atom is -0.383 e. The second kappa shape index (κ2) is 11.5. The van der Waals surface area contributed by atoms with E-state index in [1.807, 2.05) is 49.0 Å². The van der Waals surface area contributed by atoms with Gasteiger partial charge in [0.25, 0.3) is 6.43 Å². The van der Waals surface area contributed by atoms with Gasteiger partial charge in [-0.15, -0.1) is 5.53 Å². The molecule has 9 nitrogen and oxygen atoms in total. The van der Waals surface area contributed by atoms with Crippen LogP contribution in [0.1, 0.15) is 56.3 Å². The zero-order valence-electron chi connectivity index (χ0n) is 25.8. The number of hydrazine groups is 2. The summed E-state index contributed by atoms with van der Waals surface area (Å²) in [6, 6.07) is 11.5. The number of imidazole rings is 1. The quantitative estimate of drug-likeness (QED) is 0.156. The maximum Gasteiger partial charge on any atom is 0.262 e. The summed E-state index contributed by atoms with van der Waals surface area (Å²) in [5, 5.41) is 19.6. The zero-order valence-corrected chi connectivity index (χ0v) is 26.6. The Morgan fingerprint density at radius 1 is 1.20 bits per heavy atom. The molecule has 4 aromatic rings. The van der Waals surface area contributed by atoms with Crippen molar-refractivity contribution in [3.05, 3.63) is 82.7 Å². The first kappa shape index (κ1) is 30.6. The summed E-state index contributed by atoms with van der Waals surface area (Å²) in [5.41, 5.74) is 11.7. The van der Waals surface area contributed by atoms with Crippen molar-refractivity contribution in [3.63, 3.8) is 0 Å². The van der Waals surface area contributed by atoms with Crippen LogP contribution >= 0.6 is 11.6 Å². The Kier molecular flexibility index (Phi) is 7.83. The van der Waals surface area contributed by atoms with E-state index in [4.69, 9.17) is 11.6 Å². The van der Waals surface area contributed by atoms with E-state index in [0.717, 1.165) is 22.4 Å². The lowest BCUT2D eigenvalue weighted by Gasteiger charge is -2.25. The molecule has 2 aromatic carbocycles. The highest BCUT2D eigenvalue weighted by Gasteiger charge is 2.56. The number of benzene rings is 2. The lowest BCUT2D eigenvalue weighted by molar-refractivity contribution is 0.00911. The van der Waals surface area contributed by atoms with Crippen molar-refractivity contribution in [1.29, 1.82) is 5.26 Å². The highest BCUT2D eigenvalue weighted by atomic mass is 35.5. The predicted octanol–water partition coefficient (Wildman–Crippen LogP) is 7.04. The summed E-state index contributed by atoms with van der Waals surface area (Å²) < 4.78 is 30.1. The van der Waals surface area contributed by atoms with E-state index in [0.29, 0.717) is 57.9 Å². The van der Waals surface area contributed by atoms with Gasteiger partial charge >= 0.3 is 0 Å². The Bertz CT molecular complexity index is 1830. The molecule has 0 radical (unpaired) electrons. The Morgan fingerprint density at radius 2 is 1.98 bits per heavy atom. The van der Waals surface area contributed by atoms with Crippen LogP contribution in [-0.4, -0.2) is 38.1 Å². The fourth-order valence-corrected chi connectivity index (χ4v) is 6.00. The summed E-state index contributed by atoms with van der Waals surface area (Å²) >= 11 is 6.82. The van der Waals surface area contributed by atoms with Crippen LogP contribution in [0, 0.1) is 23.7 Å². The molecule has 0 bridgehead atoms. The zero-order chi connectivity index (χ0) is 32.1. The number of anilines is 2. The second-order valence-electron chi connectivity index (χ2n) is 13.0. The van der Waals surface area contributed by atoms with Crippen LogP contribution in [0.15, 0.2) is 60.9 Å². The third-order valence-corrected chi connectivity index (χ3v) is 8.77. The summed E-state index contributed by atoms with van der Waals surface area (Å²) in [6.07, 6.45) is 5.13. The average molecular weight is 632 g/mol. The van der Waals surface area contributed by atoms with Gasteiger partial charge in [-0.2, -0.15) is 5.26 Å². The van der Waals surface area contributed by atoms with Gasteiger partial charge in [0, 0.05) is 42.6 Å². The number of hydrogen-bond donors (Lipinski definition) is 4. The maximum absolute atomic E-state index is 14.1. The summed E-state index contributed by atoms with van der Waals surface area (Å²) in [4.78, 5) is 8.79. The molecule has 2 aromatic heterocycles. The van der Waals surface area contributed by atoms with Gasteiger partial charge in [-0.25, -0.2) is 13.8 Å². The average Bonchev–Trinajstić information content (AvgIpc) is 3.47. The van der Waals surface area contributed by atoms with E-state index in [2.05, 4.69) is 58.4 Å². The molecule has 234 valence electrons. The fraction of sp³-hybridized carbons (Fsp3) is 0.364. The lowest BCUT2D eigenvalue weighted by atomic mass is 9.93. The Balaban J connectivity index is 1.46. The monoisotopic (exact) mass is 631 g/mol. The normalized spacial score (nSPS) is 16.4. The van der Waals surface area contributed by atoms with Gasteiger partial charge in [-0.1, -0.05) is 50.6 Å². The Labute approximate surface area is 266 Å². The number of fused-ring (bicyclic) bond motifs is 1. The van der Waals surface area contributed by atoms with Crippen molar-refractivity contribution in [3.8, 4) is 17.3 Å². The third-order valence-electron chi connectivity index (χ3n) is 8.48. The highest BCUT2D eigenvalue weighted by Crippen LogP contribution is 2.47. The molecule has 1 aliphatic carbocycles. The molecule has 0 amide bonds. The molecule has 4 N–H and O–H groups in total. The third kappa shape index (κ3) is 5.76. The van der Waals surface area contributed by atoms with Crippen LogP contribution < -0.4 is 21.6 Å². The number of aromatic nitrogens is 3. The molecular weight excluding hydrogens is 596 g/mol. The van der Waals surface area contributed by atoms with Crippen molar-refractivity contribution < 1.29 is 8.78 Å². The summed E-state index contributed by atoms with van der Waals surface area (Å²) in [7, 11) is 1.94. The number of nitrogens with zero attached hydrogens (tertiary/aromatic N) is 5. The van der Waals surface area contributed by atoms with Gasteiger partial charge in [-0.3, -0.25) is 9.99 Å². The van der Waals surface area contributed by atoms with Crippen molar-refractivity contribution in [2.45, 2.75) is 58.5 Å². The molecule has 1 saturated carbocycles. The molecule has 1 atom stereocenters. The molecular formula is C33H36ClF2N9. The highest BCUT2D eigenvalue weighted by molar-refractivity contribution is 6.35. The molecule has 3 heterocycles. The summed E-state index contributed by atoms with van der Waals surface area (Å²) in [6.45, 7) is 9.01. The Morgan fingerprint density at radius 3 is 2.62 bits per heavy atom. The molecule has 2 aliphatic rings. The van der Waals surface area contributed by atoms with Gasteiger partial charge in [0.15, 0.2) is 0 Å². The fourth-order valence-electron chi connectivity index (χ4n) is 5.73. The number of nitrogens with one attached hydrogen (secondary N) is 4. The number of aryl methyl sites for hydroxylation is 1. The maximum atomic E-state index is 14.1. The van der Waals surface area contributed by atoms with E-state index >= 15 is 0 Å². The first-order valence-electron chi connectivity index (χ1n) is 14.8. The van der Waals surface area contributed by atoms with E-state index < -0.39 is 18.0 Å². The standard InChI is InChI=1S/C33H36ClF2N9/c1-19-22(27-15-38-18-44(27)5)7-6-8-23(19)30(26-16-45(43-42-26)33(9-10-33)31(35)36)41-21-11-24-28(40-17-32(2,3)4)20(13-37)14-39-29(24)25(34)12-21/h6-8,11-12,14-16,18,30-31,41-43H,9-10,17H2,1-5H3,(H,39,40)/t30-/m0/s1. The molecule has 0 unspecified atom stereocenters. The van der Waals surface area contributed by atoms with Crippen molar-refractivity contribution >= 4 is 33.9 Å². The Hall–Kier alpha value is -4.40. The van der Waals surface area contributed by atoms with Crippen LogP contribution in [0.2, 0.25) is 5.02 Å². The topological polar surface area (TPSA) is 106 Å². The van der Waals surface area contributed by atoms with Gasteiger partial charge in [0.05, 0.1) is 51.7 Å². The summed E-state index contributed by atoms with van der Waals surface area (Å²) in [5.74, 6) is 0. The number of halogens is 3. The first-order valence-corrected chi connectivity index (χ1v) is 15.2. The van der Waals surface area contributed by atoms with Crippen molar-refractivity contribution in [2.24, 2.45) is 12.5 Å². The number of hydrogen-bond acceptors (Lipinski definition) is 8. The van der Waals surface area contributed by atoms with Crippen LogP contribution in [0.25, 0.3) is 22.2 Å². The minimum atomic E-state index is -2.50. The van der Waals surface area contributed by atoms with Gasteiger partial charge in [0.2, 0.25) is 0 Å². The van der Waals surface area contributed by atoms with E-state index in [1.165, 1.54) is 11.2 Å². The van der Waals surface area contributed by atoms with E-state index in [9.17, 15) is 14.0 Å². The molecule has 12 heteroatoms. The van der Waals surface area contributed by atoms with Gasteiger partial charge in [0.1, 0.15) is 11.6 Å². The van der Waals surface area contributed by atoms with Crippen LogP contribution in [0.3, 0.4) is 0 Å². The number of pyridine rings is 1. The molecule has 1 fully saturated rings. The lowest BCUT2D eigenvalue weighted by Crippen LogP contribution is -2.48. The van der Waals surface area contributed by atoms with Crippen LogP contribution in [0.5, 0.6) is 0 Å². The smallest absolute Gasteiger partial charge is 0.262 e. The van der Waals surface area contributed by atoms with Crippen LogP contribution in [0.4, 0.5) is 20.2 Å². The predicted molar refractivity (Wildman–Crippen MR) is 173 cm³/mol. The number of alkyl halides is 2.